The average molecular weight is 285 g/mol. The Bertz CT molecular complexity index is 465. The minimum absolute atomic E-state index is 0.0342. The molecule has 0 saturated carbocycles. The van der Waals surface area contributed by atoms with Gasteiger partial charge in [-0.3, -0.25) is 9.59 Å². The van der Waals surface area contributed by atoms with Gasteiger partial charge < -0.3 is 15.7 Å². The molecule has 0 aromatic heterocycles. The largest absolute Gasteiger partial charge is 0.387 e. The van der Waals surface area contributed by atoms with Crippen molar-refractivity contribution in [3.63, 3.8) is 0 Å². The van der Waals surface area contributed by atoms with Crippen LogP contribution >= 0.6 is 11.6 Å². The van der Waals surface area contributed by atoms with Crippen molar-refractivity contribution in [3.05, 3.63) is 34.9 Å². The summed E-state index contributed by atoms with van der Waals surface area (Å²) in [5.74, 6) is -0.643. The Morgan fingerprint density at radius 1 is 1.37 bits per heavy atom. The molecule has 0 aliphatic heterocycles. The number of carbonyl (C=O) groups excluding carboxylic acids is 2. The number of nitrogens with one attached hydrogen (secondary N) is 2. The number of hydrogen-bond donors (Lipinski definition) is 3. The first-order valence-corrected chi connectivity index (χ1v) is 6.27. The summed E-state index contributed by atoms with van der Waals surface area (Å²) in [5.41, 5.74) is 0.552. The molecular weight excluding hydrogens is 268 g/mol. The molecule has 0 saturated heterocycles. The molecule has 1 aromatic rings. The van der Waals surface area contributed by atoms with Gasteiger partial charge in [-0.2, -0.15) is 0 Å². The molecule has 104 valence electrons. The van der Waals surface area contributed by atoms with Crippen molar-refractivity contribution in [1.82, 2.24) is 10.6 Å². The van der Waals surface area contributed by atoms with Gasteiger partial charge >= 0.3 is 0 Å². The smallest absolute Gasteiger partial charge is 0.242 e. The third-order valence-electron chi connectivity index (χ3n) is 2.55. The van der Waals surface area contributed by atoms with Crippen molar-refractivity contribution in [2.75, 3.05) is 6.54 Å². The molecule has 2 unspecified atom stereocenters. The molecule has 6 heteroatoms. The number of hydrogen-bond acceptors (Lipinski definition) is 3. The van der Waals surface area contributed by atoms with Gasteiger partial charge in [0.25, 0.3) is 0 Å². The first-order chi connectivity index (χ1) is 8.91. The van der Waals surface area contributed by atoms with Crippen molar-refractivity contribution >= 4 is 23.4 Å². The van der Waals surface area contributed by atoms with Crippen LogP contribution in [0.15, 0.2) is 24.3 Å². The number of amides is 2. The number of halogens is 1. The monoisotopic (exact) mass is 284 g/mol. The zero-order valence-corrected chi connectivity index (χ0v) is 11.6. The second kappa shape index (κ2) is 7.11. The SMILES string of the molecule is CC(=O)NC(C)C(=O)NCC(O)c1ccccc1Cl. The van der Waals surface area contributed by atoms with Gasteiger partial charge in [-0.25, -0.2) is 0 Å². The maximum absolute atomic E-state index is 11.6. The molecule has 0 fully saturated rings. The predicted octanol–water partition coefficient (Wildman–Crippen LogP) is 1.01. The highest BCUT2D eigenvalue weighted by atomic mass is 35.5. The molecule has 19 heavy (non-hydrogen) atoms. The first kappa shape index (κ1) is 15.5. The van der Waals surface area contributed by atoms with Gasteiger partial charge in [-0.05, 0) is 13.0 Å². The van der Waals surface area contributed by atoms with Crippen molar-refractivity contribution in [2.24, 2.45) is 0 Å². The Kier molecular flexibility index (Phi) is 5.79. The summed E-state index contributed by atoms with van der Waals surface area (Å²) in [6, 6.07) is 6.23. The highest BCUT2D eigenvalue weighted by molar-refractivity contribution is 6.31. The lowest BCUT2D eigenvalue weighted by Crippen LogP contribution is -2.45. The van der Waals surface area contributed by atoms with Crippen LogP contribution in [0.1, 0.15) is 25.5 Å². The molecule has 0 heterocycles. The van der Waals surface area contributed by atoms with Gasteiger partial charge in [-0.15, -0.1) is 0 Å². The van der Waals surface area contributed by atoms with Crippen LogP contribution in [-0.4, -0.2) is 29.5 Å². The van der Waals surface area contributed by atoms with E-state index in [9.17, 15) is 14.7 Å². The summed E-state index contributed by atoms with van der Waals surface area (Å²) in [6.07, 6.45) is -0.887. The van der Waals surface area contributed by atoms with E-state index in [1.165, 1.54) is 6.92 Å². The van der Waals surface area contributed by atoms with Crippen LogP contribution in [0.3, 0.4) is 0 Å². The van der Waals surface area contributed by atoms with Crippen molar-refractivity contribution in [1.29, 1.82) is 0 Å². The number of aliphatic hydroxyl groups excluding tert-OH is 1. The van der Waals surface area contributed by atoms with Crippen molar-refractivity contribution < 1.29 is 14.7 Å². The summed E-state index contributed by atoms with van der Waals surface area (Å²) < 4.78 is 0. The van der Waals surface area contributed by atoms with Gasteiger partial charge in [0.05, 0.1) is 6.10 Å². The maximum Gasteiger partial charge on any atom is 0.242 e. The van der Waals surface area contributed by atoms with Crippen LogP contribution in [0.5, 0.6) is 0 Å². The number of aliphatic hydroxyl groups is 1. The van der Waals surface area contributed by atoms with Crippen LogP contribution in [0, 0.1) is 0 Å². The van der Waals surface area contributed by atoms with Crippen LogP contribution < -0.4 is 10.6 Å². The molecule has 3 N–H and O–H groups in total. The topological polar surface area (TPSA) is 78.4 Å². The van der Waals surface area contributed by atoms with E-state index in [2.05, 4.69) is 10.6 Å². The molecule has 1 rings (SSSR count). The highest BCUT2D eigenvalue weighted by Gasteiger charge is 2.16. The van der Waals surface area contributed by atoms with E-state index in [0.717, 1.165) is 0 Å². The van der Waals surface area contributed by atoms with Gasteiger partial charge in [0.1, 0.15) is 6.04 Å². The third kappa shape index (κ3) is 4.89. The third-order valence-corrected chi connectivity index (χ3v) is 2.89. The molecule has 1 aromatic carbocycles. The van der Waals surface area contributed by atoms with Crippen LogP contribution in [0.2, 0.25) is 5.02 Å². The number of rotatable bonds is 5. The van der Waals surface area contributed by atoms with Crippen LogP contribution in [-0.2, 0) is 9.59 Å². The lowest BCUT2D eigenvalue weighted by Gasteiger charge is -2.16. The molecule has 0 bridgehead atoms. The van der Waals surface area contributed by atoms with E-state index >= 15 is 0 Å². The predicted molar refractivity (Wildman–Crippen MR) is 72.7 cm³/mol. The fourth-order valence-electron chi connectivity index (χ4n) is 1.58. The lowest BCUT2D eigenvalue weighted by atomic mass is 10.1. The standard InChI is InChI=1S/C13H17ClN2O3/c1-8(16-9(2)17)13(19)15-7-12(18)10-5-3-4-6-11(10)14/h3-6,8,12,18H,7H2,1-2H3,(H,15,19)(H,16,17). The second-order valence-electron chi connectivity index (χ2n) is 4.20. The van der Waals surface area contributed by atoms with Gasteiger partial charge in [0, 0.05) is 24.1 Å². The molecule has 0 radical (unpaired) electrons. The molecule has 2 atom stereocenters. The van der Waals surface area contributed by atoms with Crippen molar-refractivity contribution in [2.45, 2.75) is 26.0 Å². The molecule has 2 amide bonds. The summed E-state index contributed by atoms with van der Waals surface area (Å²) in [6.45, 7) is 2.94. The average Bonchev–Trinajstić information content (AvgIpc) is 2.35. The highest BCUT2D eigenvalue weighted by Crippen LogP contribution is 2.21. The summed E-state index contributed by atoms with van der Waals surface area (Å²) >= 11 is 5.94. The van der Waals surface area contributed by atoms with Crippen LogP contribution in [0.4, 0.5) is 0 Å². The van der Waals surface area contributed by atoms with E-state index in [1.807, 2.05) is 0 Å². The second-order valence-corrected chi connectivity index (χ2v) is 4.61. The Hall–Kier alpha value is -1.59. The van der Waals surface area contributed by atoms with Gasteiger partial charge in [0.15, 0.2) is 0 Å². The quantitative estimate of drug-likeness (QED) is 0.755. The van der Waals surface area contributed by atoms with E-state index in [1.54, 1.807) is 31.2 Å². The van der Waals surface area contributed by atoms with E-state index in [4.69, 9.17) is 11.6 Å². The van der Waals surface area contributed by atoms with E-state index in [0.29, 0.717) is 10.6 Å². The summed E-state index contributed by atoms with van der Waals surface area (Å²) in [4.78, 5) is 22.4. The lowest BCUT2D eigenvalue weighted by molar-refractivity contribution is -0.127. The minimum atomic E-state index is -0.887. The zero-order valence-electron chi connectivity index (χ0n) is 10.8. The van der Waals surface area contributed by atoms with Crippen LogP contribution in [0.25, 0.3) is 0 Å². The molecule has 0 aliphatic rings. The molecule has 5 nitrogen and oxygen atoms in total. The van der Waals surface area contributed by atoms with Gasteiger partial charge in [0.2, 0.25) is 11.8 Å². The Morgan fingerprint density at radius 3 is 2.58 bits per heavy atom. The maximum atomic E-state index is 11.6. The fraction of sp³-hybridized carbons (Fsp3) is 0.385. The first-order valence-electron chi connectivity index (χ1n) is 5.89. The van der Waals surface area contributed by atoms with Gasteiger partial charge in [-0.1, -0.05) is 29.8 Å². The fourth-order valence-corrected chi connectivity index (χ4v) is 1.84. The Morgan fingerprint density at radius 2 is 2.00 bits per heavy atom. The van der Waals surface area contributed by atoms with E-state index < -0.39 is 12.1 Å². The molecule has 0 spiro atoms. The molecular formula is C13H17ClN2O3. The minimum Gasteiger partial charge on any atom is -0.387 e. The van der Waals surface area contributed by atoms with Crippen molar-refractivity contribution in [3.8, 4) is 0 Å². The Balaban J connectivity index is 2.51. The summed E-state index contributed by atoms with van der Waals surface area (Å²) in [5, 5.41) is 15.4. The molecule has 0 aliphatic carbocycles. The zero-order chi connectivity index (χ0) is 14.4. The number of carbonyl (C=O) groups is 2. The van der Waals surface area contributed by atoms with E-state index in [-0.39, 0.29) is 18.4 Å². The Labute approximate surface area is 117 Å². The summed E-state index contributed by atoms with van der Waals surface area (Å²) in [7, 11) is 0. The number of benzene rings is 1. The normalized spacial score (nSPS) is 13.5.